The molecule has 0 saturated carbocycles. The van der Waals surface area contributed by atoms with Gasteiger partial charge in [0.1, 0.15) is 11.2 Å². The molecule has 0 radical (unpaired) electrons. The summed E-state index contributed by atoms with van der Waals surface area (Å²) in [6, 6.07) is 13.9. The highest BCUT2D eigenvalue weighted by atomic mass is 32.2. The molecule has 4 rings (SSSR count). The Hall–Kier alpha value is -3.90. The lowest BCUT2D eigenvalue weighted by atomic mass is 10.0. The van der Waals surface area contributed by atoms with Crippen LogP contribution in [-0.2, 0) is 20.4 Å². The summed E-state index contributed by atoms with van der Waals surface area (Å²) in [5, 5.41) is 9.00. The van der Waals surface area contributed by atoms with Gasteiger partial charge in [-0.1, -0.05) is 6.07 Å². The lowest BCUT2D eigenvalue weighted by Crippen LogP contribution is -2.47. The molecule has 3 heterocycles. The summed E-state index contributed by atoms with van der Waals surface area (Å²) >= 11 is 1.48. The van der Waals surface area contributed by atoms with Gasteiger partial charge in [0, 0.05) is 24.1 Å². The largest absolute Gasteiger partial charge is 0.324 e. The molecule has 0 aliphatic heterocycles. The maximum atomic E-state index is 13.1. The molecule has 0 atom stereocenters. The van der Waals surface area contributed by atoms with Crippen LogP contribution >= 0.6 is 11.3 Å². The Morgan fingerprint density at radius 3 is 2.35 bits per heavy atom. The zero-order chi connectivity index (χ0) is 24.3. The van der Waals surface area contributed by atoms with Crippen molar-refractivity contribution in [3.63, 3.8) is 0 Å². The van der Waals surface area contributed by atoms with E-state index in [9.17, 15) is 18.0 Å². The van der Waals surface area contributed by atoms with Gasteiger partial charge in [-0.05, 0) is 61.7 Å². The van der Waals surface area contributed by atoms with E-state index >= 15 is 0 Å². The Morgan fingerprint density at radius 1 is 1.00 bits per heavy atom. The van der Waals surface area contributed by atoms with Crippen molar-refractivity contribution in [3.8, 4) is 10.6 Å². The molecule has 1 amide bonds. The molecule has 174 valence electrons. The normalized spacial score (nSPS) is 11.7. The van der Waals surface area contributed by atoms with Crippen molar-refractivity contribution in [1.82, 2.24) is 19.7 Å². The van der Waals surface area contributed by atoms with Crippen LogP contribution in [0.1, 0.15) is 13.8 Å². The first-order valence-electron chi connectivity index (χ1n) is 10.0. The smallest absolute Gasteiger partial charge is 0.267 e. The number of amides is 1. The van der Waals surface area contributed by atoms with E-state index in [1.807, 2.05) is 17.5 Å². The molecule has 1 aromatic carbocycles. The fraction of sp³-hybridized carbons (Fsp3) is 0.136. The predicted molar refractivity (Wildman–Crippen MR) is 129 cm³/mol. The minimum Gasteiger partial charge on any atom is -0.324 e. The number of anilines is 2. The third-order valence-electron chi connectivity index (χ3n) is 4.87. The molecule has 0 bridgehead atoms. The van der Waals surface area contributed by atoms with Crippen LogP contribution in [0.3, 0.4) is 0 Å². The molecule has 0 aliphatic carbocycles. The molecule has 0 unspecified atom stereocenters. The van der Waals surface area contributed by atoms with Gasteiger partial charge in [0.2, 0.25) is 5.95 Å². The summed E-state index contributed by atoms with van der Waals surface area (Å²) in [7, 11) is -3.90. The number of carbonyl (C=O) groups excluding carboxylic acids is 1. The maximum Gasteiger partial charge on any atom is 0.267 e. The highest BCUT2D eigenvalue weighted by Crippen LogP contribution is 2.23. The topological polar surface area (TPSA) is 136 Å². The zero-order valence-corrected chi connectivity index (χ0v) is 19.8. The second-order valence-corrected chi connectivity index (χ2v) is 10.3. The lowest BCUT2D eigenvalue weighted by molar-refractivity contribution is -0.123. The van der Waals surface area contributed by atoms with Crippen molar-refractivity contribution >= 4 is 38.9 Å². The van der Waals surface area contributed by atoms with Crippen LogP contribution in [0, 0.1) is 0 Å². The number of rotatable bonds is 7. The van der Waals surface area contributed by atoms with Crippen molar-refractivity contribution in [3.05, 3.63) is 82.7 Å². The third kappa shape index (κ3) is 4.87. The molecular weight excluding hydrogens is 476 g/mol. The Kier molecular flexibility index (Phi) is 6.26. The molecule has 10 nitrogen and oxygen atoms in total. The third-order valence-corrected chi connectivity index (χ3v) is 7.11. The highest BCUT2D eigenvalue weighted by molar-refractivity contribution is 7.92. The van der Waals surface area contributed by atoms with Gasteiger partial charge < -0.3 is 5.32 Å². The summed E-state index contributed by atoms with van der Waals surface area (Å²) < 4.78 is 28.5. The van der Waals surface area contributed by atoms with E-state index in [1.165, 1.54) is 54.1 Å². The molecule has 4 aromatic rings. The summed E-state index contributed by atoms with van der Waals surface area (Å²) in [5.41, 5.74) is -0.798. The molecule has 34 heavy (non-hydrogen) atoms. The number of carbonyl (C=O) groups is 1. The SMILES string of the molecule is CC(C)(C(=O)Nc1ccc(S(=O)(=O)Nc2ncccn2)cc1)n1nc(-c2cccs2)ccc1=O. The highest BCUT2D eigenvalue weighted by Gasteiger charge is 2.32. The molecule has 0 fully saturated rings. The standard InChI is InChI=1S/C22H20N6O4S2/c1-22(2,28-19(29)11-10-17(26-28)18-5-3-14-33-18)20(30)25-15-6-8-16(9-7-15)34(31,32)27-21-23-12-4-13-24-21/h3-14H,1-2H3,(H,25,30)(H,23,24,27). The number of nitrogens with zero attached hydrogens (tertiary/aromatic N) is 4. The van der Waals surface area contributed by atoms with E-state index in [-0.39, 0.29) is 10.8 Å². The van der Waals surface area contributed by atoms with Crippen molar-refractivity contribution in [2.45, 2.75) is 24.3 Å². The van der Waals surface area contributed by atoms with Crippen LogP contribution in [0.15, 0.2) is 82.1 Å². The summed E-state index contributed by atoms with van der Waals surface area (Å²) in [6.45, 7) is 3.16. The quantitative estimate of drug-likeness (QED) is 0.401. The minimum atomic E-state index is -3.90. The van der Waals surface area contributed by atoms with Crippen LogP contribution in [-0.4, -0.2) is 34.1 Å². The lowest BCUT2D eigenvalue weighted by Gasteiger charge is -2.25. The molecule has 0 saturated heterocycles. The summed E-state index contributed by atoms with van der Waals surface area (Å²) in [5.74, 6) is -0.541. The van der Waals surface area contributed by atoms with Crippen molar-refractivity contribution in [2.75, 3.05) is 10.0 Å². The van der Waals surface area contributed by atoms with E-state index in [0.29, 0.717) is 11.4 Å². The molecule has 0 aliphatic rings. The van der Waals surface area contributed by atoms with E-state index in [4.69, 9.17) is 0 Å². The molecule has 2 N–H and O–H groups in total. The number of thiophene rings is 1. The number of nitrogens with one attached hydrogen (secondary N) is 2. The van der Waals surface area contributed by atoms with Crippen LogP contribution in [0.4, 0.5) is 11.6 Å². The number of hydrogen-bond acceptors (Lipinski definition) is 8. The van der Waals surface area contributed by atoms with Gasteiger partial charge in [0.05, 0.1) is 9.77 Å². The summed E-state index contributed by atoms with van der Waals surface area (Å²) in [4.78, 5) is 34.1. The van der Waals surface area contributed by atoms with Crippen LogP contribution in [0.25, 0.3) is 10.6 Å². The van der Waals surface area contributed by atoms with Crippen LogP contribution < -0.4 is 15.6 Å². The molecule has 0 spiro atoms. The first-order valence-corrected chi connectivity index (χ1v) is 12.4. The Labute approximate surface area is 199 Å². The van der Waals surface area contributed by atoms with Crippen LogP contribution in [0.5, 0.6) is 0 Å². The minimum absolute atomic E-state index is 0.0289. The molecular formula is C22H20N6O4S2. The molecule has 12 heteroatoms. The van der Waals surface area contributed by atoms with E-state index < -0.39 is 27.0 Å². The van der Waals surface area contributed by atoms with E-state index in [1.54, 1.807) is 26.0 Å². The van der Waals surface area contributed by atoms with Gasteiger partial charge in [-0.2, -0.15) is 5.10 Å². The van der Waals surface area contributed by atoms with Gasteiger partial charge in [-0.25, -0.2) is 27.8 Å². The average Bonchev–Trinajstić information content (AvgIpc) is 3.35. The predicted octanol–water partition coefficient (Wildman–Crippen LogP) is 2.94. The number of hydrogen-bond donors (Lipinski definition) is 2. The Balaban J connectivity index is 1.52. The second kappa shape index (κ2) is 9.15. The monoisotopic (exact) mass is 496 g/mol. The van der Waals surface area contributed by atoms with Crippen molar-refractivity contribution in [2.24, 2.45) is 0 Å². The van der Waals surface area contributed by atoms with Gasteiger partial charge in [0.15, 0.2) is 0 Å². The van der Waals surface area contributed by atoms with E-state index in [2.05, 4.69) is 25.1 Å². The first kappa shape index (κ1) is 23.3. The Morgan fingerprint density at radius 2 is 1.71 bits per heavy atom. The second-order valence-electron chi connectivity index (χ2n) is 7.66. The fourth-order valence-corrected chi connectivity index (χ4v) is 4.64. The maximum absolute atomic E-state index is 13.1. The number of sulfonamides is 1. The average molecular weight is 497 g/mol. The van der Waals surface area contributed by atoms with Crippen LogP contribution in [0.2, 0.25) is 0 Å². The number of aromatic nitrogens is 4. The summed E-state index contributed by atoms with van der Waals surface area (Å²) in [6.07, 6.45) is 2.84. The van der Waals surface area contributed by atoms with Gasteiger partial charge in [-0.3, -0.25) is 9.59 Å². The first-order chi connectivity index (χ1) is 16.2. The van der Waals surface area contributed by atoms with Gasteiger partial charge >= 0.3 is 0 Å². The van der Waals surface area contributed by atoms with Crippen molar-refractivity contribution in [1.29, 1.82) is 0 Å². The van der Waals surface area contributed by atoms with E-state index in [0.717, 1.165) is 9.56 Å². The number of benzene rings is 1. The van der Waals surface area contributed by atoms with Crippen molar-refractivity contribution < 1.29 is 13.2 Å². The Bertz CT molecular complexity index is 1470. The van der Waals surface area contributed by atoms with Gasteiger partial charge in [0.25, 0.3) is 21.5 Å². The van der Waals surface area contributed by atoms with Gasteiger partial charge in [-0.15, -0.1) is 11.3 Å². The molecule has 3 aromatic heterocycles. The zero-order valence-electron chi connectivity index (χ0n) is 18.2. The fourth-order valence-electron chi connectivity index (χ4n) is 3.00.